The maximum Gasteiger partial charge on any atom is 0.302 e. The van der Waals surface area contributed by atoms with Gasteiger partial charge in [0.15, 0.2) is 5.58 Å². The van der Waals surface area contributed by atoms with E-state index < -0.39 is 0 Å². The van der Waals surface area contributed by atoms with Crippen molar-refractivity contribution in [3.05, 3.63) is 58.1 Å². The van der Waals surface area contributed by atoms with Gasteiger partial charge < -0.3 is 4.42 Å². The Kier molecular flexibility index (Phi) is 5.37. The number of anilines is 1. The molecule has 0 unspecified atom stereocenters. The van der Waals surface area contributed by atoms with E-state index in [-0.39, 0.29) is 17.8 Å². The van der Waals surface area contributed by atoms with Gasteiger partial charge in [-0.25, -0.2) is 0 Å². The fourth-order valence-corrected chi connectivity index (χ4v) is 4.13. The molecule has 0 saturated heterocycles. The summed E-state index contributed by atoms with van der Waals surface area (Å²) in [6, 6.07) is 13.1. The van der Waals surface area contributed by atoms with Gasteiger partial charge in [-0.15, -0.1) is 0 Å². The molecule has 140 valence electrons. The van der Waals surface area contributed by atoms with Crippen molar-refractivity contribution in [1.82, 2.24) is 4.98 Å². The van der Waals surface area contributed by atoms with Crippen LogP contribution in [0.25, 0.3) is 11.1 Å². The lowest BCUT2D eigenvalue weighted by Gasteiger charge is -2.20. The normalized spacial score (nSPS) is 15.9. The molecule has 4 nitrogen and oxygen atoms in total. The van der Waals surface area contributed by atoms with Gasteiger partial charge in [-0.3, -0.25) is 10.1 Å². The largest absolute Gasteiger partial charge is 0.423 e. The van der Waals surface area contributed by atoms with E-state index in [1.807, 2.05) is 30.3 Å². The van der Waals surface area contributed by atoms with Crippen LogP contribution < -0.4 is 5.32 Å². The first-order chi connectivity index (χ1) is 13.1. The summed E-state index contributed by atoms with van der Waals surface area (Å²) in [5, 5.41) is 3.79. The lowest BCUT2D eigenvalue weighted by molar-refractivity contribution is -0.118. The van der Waals surface area contributed by atoms with Gasteiger partial charge in [0.05, 0.1) is 16.0 Å². The zero-order chi connectivity index (χ0) is 18.8. The van der Waals surface area contributed by atoms with Crippen LogP contribution >= 0.6 is 23.2 Å². The summed E-state index contributed by atoms with van der Waals surface area (Å²) in [4.78, 5) is 17.4. The minimum Gasteiger partial charge on any atom is -0.423 e. The number of aromatic nitrogens is 1. The number of oxazole rings is 1. The number of nitrogens with zero attached hydrogens (tertiary/aromatic N) is 1. The molecule has 2 aromatic carbocycles. The van der Waals surface area contributed by atoms with Crippen molar-refractivity contribution >= 4 is 46.2 Å². The Labute approximate surface area is 167 Å². The highest BCUT2D eigenvalue weighted by Gasteiger charge is 2.28. The monoisotopic (exact) mass is 402 g/mol. The van der Waals surface area contributed by atoms with Gasteiger partial charge in [-0.05, 0) is 42.2 Å². The predicted molar refractivity (Wildman–Crippen MR) is 108 cm³/mol. The van der Waals surface area contributed by atoms with Crippen molar-refractivity contribution in [1.29, 1.82) is 0 Å². The first kappa shape index (κ1) is 18.3. The number of amides is 1. The minimum absolute atomic E-state index is 0.133. The van der Waals surface area contributed by atoms with Crippen molar-refractivity contribution < 1.29 is 9.21 Å². The molecule has 0 aliphatic heterocycles. The summed E-state index contributed by atoms with van der Waals surface area (Å²) in [6.07, 6.45) is 5.56. The molecule has 1 atom stereocenters. The molecule has 0 radical (unpaired) electrons. The Bertz CT molecular complexity index is 931. The number of halogens is 2. The summed E-state index contributed by atoms with van der Waals surface area (Å²) in [5.74, 6) is 0.0866. The van der Waals surface area contributed by atoms with Crippen LogP contribution in [0.3, 0.4) is 0 Å². The summed E-state index contributed by atoms with van der Waals surface area (Å²) >= 11 is 12.3. The van der Waals surface area contributed by atoms with Gasteiger partial charge in [0.25, 0.3) is 0 Å². The number of benzene rings is 2. The number of fused-ring (bicyclic) bond motifs is 1. The van der Waals surface area contributed by atoms with E-state index in [1.165, 1.54) is 12.8 Å². The van der Waals surface area contributed by atoms with Crippen LogP contribution in [-0.2, 0) is 4.79 Å². The predicted octanol–water partition coefficient (Wildman–Crippen LogP) is 6.44. The Morgan fingerprint density at radius 2 is 1.93 bits per heavy atom. The number of para-hydroxylation sites is 2. The van der Waals surface area contributed by atoms with Gasteiger partial charge in [-0.2, -0.15) is 4.98 Å². The third kappa shape index (κ3) is 4.12. The van der Waals surface area contributed by atoms with Crippen molar-refractivity contribution in [2.24, 2.45) is 5.92 Å². The average molecular weight is 403 g/mol. The van der Waals surface area contributed by atoms with Gasteiger partial charge in [0.2, 0.25) is 5.91 Å². The zero-order valence-corrected chi connectivity index (χ0v) is 16.3. The molecule has 1 fully saturated rings. The van der Waals surface area contributed by atoms with E-state index in [2.05, 4.69) is 10.3 Å². The van der Waals surface area contributed by atoms with Crippen molar-refractivity contribution in [2.45, 2.75) is 38.0 Å². The fourth-order valence-electron chi connectivity index (χ4n) is 3.82. The minimum atomic E-state index is -0.321. The highest BCUT2D eigenvalue weighted by Crippen LogP contribution is 2.36. The second-order valence-electron chi connectivity index (χ2n) is 7.09. The number of rotatable bonds is 5. The number of nitrogens with one attached hydrogen (secondary N) is 1. The number of hydrogen-bond donors (Lipinski definition) is 1. The second kappa shape index (κ2) is 7.91. The van der Waals surface area contributed by atoms with Crippen LogP contribution in [0.2, 0.25) is 10.0 Å². The maximum atomic E-state index is 13.1. The molecule has 0 spiro atoms. The molecule has 1 aliphatic carbocycles. The molecule has 1 amide bonds. The SMILES string of the molecule is O=C(Nc1nc2ccccc2o1)[C@H](CC1CCCC1)c1ccc(Cl)c(Cl)c1. The van der Waals surface area contributed by atoms with Gasteiger partial charge in [0.1, 0.15) is 5.52 Å². The number of hydrogen-bond acceptors (Lipinski definition) is 3. The Morgan fingerprint density at radius 1 is 1.15 bits per heavy atom. The van der Waals surface area contributed by atoms with E-state index >= 15 is 0 Å². The summed E-state index contributed by atoms with van der Waals surface area (Å²) < 4.78 is 5.65. The van der Waals surface area contributed by atoms with Crippen molar-refractivity contribution in [2.75, 3.05) is 5.32 Å². The molecule has 3 aromatic rings. The van der Waals surface area contributed by atoms with Crippen LogP contribution in [-0.4, -0.2) is 10.9 Å². The molecule has 1 N–H and O–H groups in total. The Balaban J connectivity index is 1.59. The van der Waals surface area contributed by atoms with Gasteiger partial charge in [0, 0.05) is 0 Å². The quantitative estimate of drug-likeness (QED) is 0.534. The van der Waals surface area contributed by atoms with Gasteiger partial charge >= 0.3 is 6.01 Å². The summed E-state index contributed by atoms with van der Waals surface area (Å²) in [7, 11) is 0. The first-order valence-electron chi connectivity index (χ1n) is 9.21. The molecule has 0 bridgehead atoms. The molecular weight excluding hydrogens is 383 g/mol. The van der Waals surface area contributed by atoms with Crippen LogP contribution in [0.15, 0.2) is 46.9 Å². The molecule has 1 aromatic heterocycles. The maximum absolute atomic E-state index is 13.1. The average Bonchev–Trinajstić information content (AvgIpc) is 3.30. The number of carbonyl (C=O) groups excluding carboxylic acids is 1. The zero-order valence-electron chi connectivity index (χ0n) is 14.8. The van der Waals surface area contributed by atoms with Crippen molar-refractivity contribution in [3.63, 3.8) is 0 Å². The number of carbonyl (C=O) groups is 1. The Hall–Kier alpha value is -2.04. The van der Waals surface area contributed by atoms with E-state index in [1.54, 1.807) is 12.1 Å². The molecule has 1 aliphatic rings. The molecule has 4 rings (SSSR count). The third-order valence-corrected chi connectivity index (χ3v) is 5.97. The molecule has 6 heteroatoms. The third-order valence-electron chi connectivity index (χ3n) is 5.23. The van der Waals surface area contributed by atoms with Gasteiger partial charge in [-0.1, -0.05) is 67.1 Å². The summed E-state index contributed by atoms with van der Waals surface area (Å²) in [5.41, 5.74) is 2.23. The van der Waals surface area contributed by atoms with E-state index in [0.717, 1.165) is 30.3 Å². The molecule has 1 heterocycles. The lowest BCUT2D eigenvalue weighted by atomic mass is 9.87. The topological polar surface area (TPSA) is 55.1 Å². The summed E-state index contributed by atoms with van der Waals surface area (Å²) in [6.45, 7) is 0. The van der Waals surface area contributed by atoms with E-state index in [9.17, 15) is 4.79 Å². The van der Waals surface area contributed by atoms with Crippen LogP contribution in [0, 0.1) is 5.92 Å². The first-order valence-corrected chi connectivity index (χ1v) is 9.97. The standard InChI is InChI=1S/C21H20Cl2N2O2/c22-16-10-9-14(12-17(16)23)15(11-13-5-1-2-6-13)20(26)25-21-24-18-7-3-4-8-19(18)27-21/h3-4,7-10,12-13,15H,1-2,5-6,11H2,(H,24,25,26)/t15-/m1/s1. The van der Waals surface area contributed by atoms with Crippen molar-refractivity contribution in [3.8, 4) is 0 Å². The lowest BCUT2D eigenvalue weighted by Crippen LogP contribution is -2.23. The van der Waals surface area contributed by atoms with Crippen LogP contribution in [0.4, 0.5) is 6.01 Å². The van der Waals surface area contributed by atoms with Crippen LogP contribution in [0.1, 0.15) is 43.6 Å². The van der Waals surface area contributed by atoms with Crippen LogP contribution in [0.5, 0.6) is 0 Å². The smallest absolute Gasteiger partial charge is 0.302 e. The van der Waals surface area contributed by atoms with E-state index in [0.29, 0.717) is 21.5 Å². The molecular formula is C21H20Cl2N2O2. The molecule has 1 saturated carbocycles. The molecule has 27 heavy (non-hydrogen) atoms. The second-order valence-corrected chi connectivity index (χ2v) is 7.90. The Morgan fingerprint density at radius 3 is 2.67 bits per heavy atom. The van der Waals surface area contributed by atoms with E-state index in [4.69, 9.17) is 27.6 Å². The highest BCUT2D eigenvalue weighted by atomic mass is 35.5. The highest BCUT2D eigenvalue weighted by molar-refractivity contribution is 6.42. The fraction of sp³-hybridized carbons (Fsp3) is 0.333.